The second kappa shape index (κ2) is 9.15. The summed E-state index contributed by atoms with van der Waals surface area (Å²) in [6.45, 7) is 2.58. The summed E-state index contributed by atoms with van der Waals surface area (Å²) in [6.07, 6.45) is 17.2. The molecule has 5 fully saturated rings. The van der Waals surface area contributed by atoms with Crippen LogP contribution in [0.25, 0.3) is 11.0 Å². The molecular formula is C30H44N4O. The zero-order valence-corrected chi connectivity index (χ0v) is 21.6. The molecule has 5 nitrogen and oxygen atoms in total. The van der Waals surface area contributed by atoms with Crippen molar-refractivity contribution in [1.29, 1.82) is 0 Å². The van der Waals surface area contributed by atoms with Gasteiger partial charge in [-0.2, -0.15) is 0 Å². The number of aromatic nitrogens is 2. The minimum absolute atomic E-state index is 0.141. The molecule has 190 valence electrons. The number of nitrogens with zero attached hydrogens (tertiary/aromatic N) is 3. The quantitative estimate of drug-likeness (QED) is 0.616. The fraction of sp³-hybridized carbons (Fsp3) is 0.767. The molecule has 7 rings (SSSR count). The normalized spacial score (nSPS) is 41.1. The minimum Gasteiger partial charge on any atom is -0.378 e. The average Bonchev–Trinajstić information content (AvgIpc) is 3.23. The van der Waals surface area contributed by atoms with Crippen molar-refractivity contribution >= 4 is 11.0 Å². The molecule has 2 aliphatic carbocycles. The van der Waals surface area contributed by atoms with E-state index < -0.39 is 0 Å². The van der Waals surface area contributed by atoms with Gasteiger partial charge in [0.05, 0.1) is 24.2 Å². The number of nitrogens with one attached hydrogen (secondary N) is 1. The predicted molar refractivity (Wildman–Crippen MR) is 140 cm³/mol. The lowest BCUT2D eigenvalue weighted by atomic mass is 9.66. The first kappa shape index (κ1) is 22.7. The maximum atomic E-state index is 6.27. The van der Waals surface area contributed by atoms with E-state index in [4.69, 9.17) is 9.72 Å². The standard InChI is InChI=1S/C30H44N4O/c1-33-13-14-35-20-30(33,29-31-27-11-4-5-12-28(27)32-29)23-18-24-9-6-10-25(19-23)34(24)26-16-21-7-2-3-8-22(15-21)17-26/h4-5,11-12,21-26H,2-3,6-10,13-20H2,1H3,(H,31,32)/t21-,22+,23-,24+,25-,26-,30-/m1/s1. The number of aromatic amines is 1. The van der Waals surface area contributed by atoms with Gasteiger partial charge in [0.2, 0.25) is 0 Å². The SMILES string of the molecule is CN1CCOC[C@]1(c1nc2ccccc2[nH]1)[C@H]1C[C@H]2CCC[C@@H](C1)N2[C@@H]1C[C@@H]2CCCC[C@@H](C2)C1. The van der Waals surface area contributed by atoms with Crippen LogP contribution in [0.4, 0.5) is 0 Å². The first-order chi connectivity index (χ1) is 17.2. The van der Waals surface area contributed by atoms with Gasteiger partial charge in [0, 0.05) is 24.7 Å². The van der Waals surface area contributed by atoms with Gasteiger partial charge >= 0.3 is 0 Å². The molecule has 5 heteroatoms. The first-order valence-electron chi connectivity index (χ1n) is 14.7. The van der Waals surface area contributed by atoms with E-state index in [9.17, 15) is 0 Å². The van der Waals surface area contributed by atoms with Crippen molar-refractivity contribution in [2.45, 2.75) is 101 Å². The van der Waals surface area contributed by atoms with E-state index in [-0.39, 0.29) is 5.54 Å². The number of imidazole rings is 1. The van der Waals surface area contributed by atoms with Gasteiger partial charge in [-0.05, 0) is 81.9 Å². The zero-order chi connectivity index (χ0) is 23.4. The lowest BCUT2D eigenvalue weighted by Gasteiger charge is -2.58. The second-order valence-electron chi connectivity index (χ2n) is 12.7. The number of fused-ring (bicyclic) bond motifs is 5. The number of para-hydroxylation sites is 2. The maximum absolute atomic E-state index is 6.27. The van der Waals surface area contributed by atoms with Gasteiger partial charge in [-0.25, -0.2) is 4.98 Å². The number of ether oxygens (including phenoxy) is 1. The molecule has 7 atom stereocenters. The molecule has 1 aromatic heterocycles. The zero-order valence-electron chi connectivity index (χ0n) is 21.6. The summed E-state index contributed by atoms with van der Waals surface area (Å²) in [4.78, 5) is 14.7. The Hall–Kier alpha value is -1.43. The second-order valence-corrected chi connectivity index (χ2v) is 12.7. The summed E-state index contributed by atoms with van der Waals surface area (Å²) < 4.78 is 6.27. The molecule has 0 spiro atoms. The molecule has 0 amide bonds. The highest BCUT2D eigenvalue weighted by atomic mass is 16.5. The van der Waals surface area contributed by atoms with Crippen molar-refractivity contribution in [3.05, 3.63) is 30.1 Å². The van der Waals surface area contributed by atoms with Crippen LogP contribution < -0.4 is 0 Å². The first-order valence-corrected chi connectivity index (χ1v) is 14.7. The Morgan fingerprint density at radius 3 is 2.34 bits per heavy atom. The molecule has 4 heterocycles. The summed E-state index contributed by atoms with van der Waals surface area (Å²) in [7, 11) is 2.32. The average molecular weight is 477 g/mol. The van der Waals surface area contributed by atoms with Crippen LogP contribution in [0.15, 0.2) is 24.3 Å². The van der Waals surface area contributed by atoms with Crippen LogP contribution in [-0.2, 0) is 10.3 Å². The number of benzene rings is 1. The number of morpholine rings is 1. The fourth-order valence-corrected chi connectivity index (χ4v) is 9.28. The number of rotatable bonds is 3. The number of likely N-dealkylation sites (N-methyl/N-ethyl adjacent to an activating group) is 1. The Kier molecular flexibility index (Phi) is 5.94. The lowest BCUT2D eigenvalue weighted by molar-refractivity contribution is -0.133. The molecule has 2 saturated carbocycles. The number of piperidine rings is 2. The lowest BCUT2D eigenvalue weighted by Crippen LogP contribution is -2.64. The van der Waals surface area contributed by atoms with Gasteiger partial charge in [0.1, 0.15) is 11.4 Å². The van der Waals surface area contributed by atoms with Gasteiger partial charge in [0.15, 0.2) is 0 Å². The van der Waals surface area contributed by atoms with Crippen LogP contribution in [0, 0.1) is 17.8 Å². The Balaban J connectivity index is 1.20. The number of hydrogen-bond acceptors (Lipinski definition) is 4. The Bertz CT molecular complexity index is 975. The van der Waals surface area contributed by atoms with Gasteiger partial charge in [0.25, 0.3) is 0 Å². The third-order valence-electron chi connectivity index (χ3n) is 10.9. The third-order valence-corrected chi connectivity index (χ3v) is 10.9. The van der Waals surface area contributed by atoms with Crippen LogP contribution in [0.1, 0.15) is 82.9 Å². The molecular weight excluding hydrogens is 432 g/mol. The molecule has 4 bridgehead atoms. The third kappa shape index (κ3) is 3.88. The molecule has 0 radical (unpaired) electrons. The van der Waals surface area contributed by atoms with E-state index in [1.165, 1.54) is 77.0 Å². The van der Waals surface area contributed by atoms with Crippen LogP contribution in [0.5, 0.6) is 0 Å². The molecule has 0 unspecified atom stereocenters. The topological polar surface area (TPSA) is 44.4 Å². The molecule has 1 N–H and O–H groups in total. The molecule has 3 saturated heterocycles. The smallest absolute Gasteiger partial charge is 0.130 e. The number of H-pyrrole nitrogens is 1. The van der Waals surface area contributed by atoms with E-state index in [2.05, 4.69) is 46.1 Å². The Morgan fingerprint density at radius 2 is 1.63 bits per heavy atom. The highest BCUT2D eigenvalue weighted by molar-refractivity contribution is 5.75. The van der Waals surface area contributed by atoms with Crippen LogP contribution in [-0.4, -0.2) is 64.7 Å². The highest BCUT2D eigenvalue weighted by Crippen LogP contribution is 2.51. The monoisotopic (exact) mass is 476 g/mol. The molecule has 5 aliphatic rings. The van der Waals surface area contributed by atoms with Crippen LogP contribution in [0.2, 0.25) is 0 Å². The molecule has 35 heavy (non-hydrogen) atoms. The van der Waals surface area contributed by atoms with Crippen LogP contribution >= 0.6 is 0 Å². The van der Waals surface area contributed by atoms with Gasteiger partial charge in [-0.1, -0.05) is 44.2 Å². The Labute approximate surface area is 211 Å². The van der Waals surface area contributed by atoms with Gasteiger partial charge < -0.3 is 9.72 Å². The summed E-state index contributed by atoms with van der Waals surface area (Å²) >= 11 is 0. The highest BCUT2D eigenvalue weighted by Gasteiger charge is 2.54. The van der Waals surface area contributed by atoms with Crippen molar-refractivity contribution in [2.24, 2.45) is 17.8 Å². The van der Waals surface area contributed by atoms with E-state index in [1.54, 1.807) is 0 Å². The summed E-state index contributed by atoms with van der Waals surface area (Å²) in [5.41, 5.74) is 2.10. The van der Waals surface area contributed by atoms with Gasteiger partial charge in [-0.15, -0.1) is 0 Å². The minimum atomic E-state index is -0.141. The Morgan fingerprint density at radius 1 is 0.886 bits per heavy atom. The van der Waals surface area contributed by atoms with Crippen molar-refractivity contribution < 1.29 is 4.74 Å². The molecule has 1 aromatic carbocycles. The van der Waals surface area contributed by atoms with E-state index in [0.717, 1.165) is 66.6 Å². The molecule has 2 aromatic rings. The largest absolute Gasteiger partial charge is 0.378 e. The maximum Gasteiger partial charge on any atom is 0.130 e. The molecule has 3 aliphatic heterocycles. The van der Waals surface area contributed by atoms with E-state index in [0.29, 0.717) is 5.92 Å². The van der Waals surface area contributed by atoms with Crippen LogP contribution in [0.3, 0.4) is 0 Å². The summed E-state index contributed by atoms with van der Waals surface area (Å²) in [6, 6.07) is 10.9. The summed E-state index contributed by atoms with van der Waals surface area (Å²) in [5, 5.41) is 0. The van der Waals surface area contributed by atoms with Crippen molar-refractivity contribution in [2.75, 3.05) is 26.8 Å². The van der Waals surface area contributed by atoms with E-state index in [1.807, 2.05) is 0 Å². The van der Waals surface area contributed by atoms with E-state index >= 15 is 0 Å². The fourth-order valence-electron chi connectivity index (χ4n) is 9.28. The van der Waals surface area contributed by atoms with Crippen molar-refractivity contribution in [3.8, 4) is 0 Å². The summed E-state index contributed by atoms with van der Waals surface area (Å²) in [5.74, 6) is 3.73. The predicted octanol–water partition coefficient (Wildman–Crippen LogP) is 5.71. The van der Waals surface area contributed by atoms with Crippen molar-refractivity contribution in [1.82, 2.24) is 19.8 Å². The number of hydrogen-bond donors (Lipinski definition) is 1. The van der Waals surface area contributed by atoms with Gasteiger partial charge in [-0.3, -0.25) is 9.80 Å². The van der Waals surface area contributed by atoms with Crippen molar-refractivity contribution in [3.63, 3.8) is 0 Å².